The number of rotatable bonds is 10. The van der Waals surface area contributed by atoms with E-state index in [0.29, 0.717) is 18.7 Å². The summed E-state index contributed by atoms with van der Waals surface area (Å²) in [7, 11) is -2.06. The highest BCUT2D eigenvalue weighted by molar-refractivity contribution is 7.89. The van der Waals surface area contributed by atoms with Crippen molar-refractivity contribution in [2.24, 2.45) is 0 Å². The zero-order chi connectivity index (χ0) is 16.4. The summed E-state index contributed by atoms with van der Waals surface area (Å²) < 4.78 is 31.1. The Hall–Kier alpha value is -1.44. The normalized spacial score (nSPS) is 11.4. The van der Waals surface area contributed by atoms with E-state index in [1.807, 2.05) is 0 Å². The molecule has 0 saturated heterocycles. The molecule has 0 aliphatic carbocycles. The highest BCUT2D eigenvalue weighted by atomic mass is 32.2. The molecule has 0 radical (unpaired) electrons. The average Bonchev–Trinajstić information content (AvgIpc) is 2.51. The van der Waals surface area contributed by atoms with Gasteiger partial charge in [0.05, 0.1) is 11.5 Å². The van der Waals surface area contributed by atoms with Crippen LogP contribution < -0.4 is 10.0 Å². The third-order valence-electron chi connectivity index (χ3n) is 3.09. The first kappa shape index (κ1) is 18.6. The summed E-state index contributed by atoms with van der Waals surface area (Å²) in [6.07, 6.45) is 3.11. The van der Waals surface area contributed by atoms with Gasteiger partial charge in [-0.15, -0.1) is 0 Å². The summed E-state index contributed by atoms with van der Waals surface area (Å²) in [5.74, 6) is -0.188. The largest absolute Gasteiger partial charge is 0.383 e. The predicted molar refractivity (Wildman–Crippen MR) is 85.4 cm³/mol. The van der Waals surface area contributed by atoms with Crippen LogP contribution in [0.25, 0.3) is 0 Å². The molecule has 0 atom stereocenters. The molecule has 0 fully saturated rings. The number of benzene rings is 1. The maximum atomic E-state index is 12.0. The van der Waals surface area contributed by atoms with Crippen molar-refractivity contribution in [1.82, 2.24) is 10.0 Å². The minimum atomic E-state index is -3.56. The monoisotopic (exact) mass is 328 g/mol. The number of carbonyl (C=O) groups excluding carboxylic acids is 1. The van der Waals surface area contributed by atoms with Crippen LogP contribution in [0.3, 0.4) is 0 Å². The molecule has 0 unspecified atom stereocenters. The molecule has 1 amide bonds. The van der Waals surface area contributed by atoms with Crippen molar-refractivity contribution < 1.29 is 17.9 Å². The molecule has 0 bridgehead atoms. The van der Waals surface area contributed by atoms with Crippen LogP contribution in [-0.4, -0.2) is 41.1 Å². The molecule has 0 saturated carbocycles. The van der Waals surface area contributed by atoms with Crippen LogP contribution in [0.15, 0.2) is 29.2 Å². The lowest BCUT2D eigenvalue weighted by molar-refractivity contribution is 0.0953. The van der Waals surface area contributed by atoms with Gasteiger partial charge in [0.1, 0.15) is 0 Å². The summed E-state index contributed by atoms with van der Waals surface area (Å²) in [4.78, 5) is 12.0. The summed E-state index contributed by atoms with van der Waals surface area (Å²) in [6.45, 7) is 3.24. The van der Waals surface area contributed by atoms with E-state index in [0.717, 1.165) is 19.3 Å². The second-order valence-corrected chi connectivity index (χ2v) is 6.64. The SMILES string of the molecule is CCCCCNC(=O)c1ccc(S(=O)(=O)NCCOC)cc1. The van der Waals surface area contributed by atoms with E-state index in [9.17, 15) is 13.2 Å². The lowest BCUT2D eigenvalue weighted by Crippen LogP contribution is -2.27. The number of sulfonamides is 1. The summed E-state index contributed by atoms with van der Waals surface area (Å²) in [5.41, 5.74) is 0.451. The zero-order valence-corrected chi connectivity index (χ0v) is 13.9. The zero-order valence-electron chi connectivity index (χ0n) is 13.1. The molecule has 0 spiro atoms. The molecule has 0 aliphatic heterocycles. The van der Waals surface area contributed by atoms with Crippen LogP contribution >= 0.6 is 0 Å². The molecule has 2 N–H and O–H groups in total. The molecule has 7 heteroatoms. The van der Waals surface area contributed by atoms with E-state index >= 15 is 0 Å². The minimum Gasteiger partial charge on any atom is -0.383 e. The Morgan fingerprint density at radius 2 is 1.82 bits per heavy atom. The molecule has 124 valence electrons. The van der Waals surface area contributed by atoms with Crippen molar-refractivity contribution in [3.63, 3.8) is 0 Å². The lowest BCUT2D eigenvalue weighted by Gasteiger charge is -2.08. The van der Waals surface area contributed by atoms with Gasteiger partial charge in [-0.3, -0.25) is 4.79 Å². The van der Waals surface area contributed by atoms with Crippen molar-refractivity contribution in [3.8, 4) is 0 Å². The van der Waals surface area contributed by atoms with Crippen LogP contribution in [-0.2, 0) is 14.8 Å². The fraction of sp³-hybridized carbons (Fsp3) is 0.533. The lowest BCUT2D eigenvalue weighted by atomic mass is 10.2. The van der Waals surface area contributed by atoms with Gasteiger partial charge in [-0.2, -0.15) is 0 Å². The molecule has 1 rings (SSSR count). The summed E-state index contributed by atoms with van der Waals surface area (Å²) >= 11 is 0. The second-order valence-electron chi connectivity index (χ2n) is 4.88. The van der Waals surface area contributed by atoms with Gasteiger partial charge in [0.25, 0.3) is 5.91 Å². The number of nitrogens with one attached hydrogen (secondary N) is 2. The molecule has 1 aromatic carbocycles. The highest BCUT2D eigenvalue weighted by Gasteiger charge is 2.14. The van der Waals surface area contributed by atoms with E-state index in [-0.39, 0.29) is 17.3 Å². The van der Waals surface area contributed by atoms with Gasteiger partial charge in [0, 0.05) is 25.8 Å². The Balaban J connectivity index is 2.60. The molecule has 22 heavy (non-hydrogen) atoms. The third-order valence-corrected chi connectivity index (χ3v) is 4.57. The molecular formula is C15H24N2O4S. The maximum Gasteiger partial charge on any atom is 0.251 e. The molecular weight excluding hydrogens is 304 g/mol. The fourth-order valence-corrected chi connectivity index (χ4v) is 2.84. The Labute approximate surface area is 132 Å². The Morgan fingerprint density at radius 1 is 1.14 bits per heavy atom. The van der Waals surface area contributed by atoms with Crippen LogP contribution in [0.4, 0.5) is 0 Å². The number of carbonyl (C=O) groups is 1. The van der Waals surface area contributed by atoms with Crippen LogP contribution in [0, 0.1) is 0 Å². The van der Waals surface area contributed by atoms with Gasteiger partial charge >= 0.3 is 0 Å². The smallest absolute Gasteiger partial charge is 0.251 e. The quantitative estimate of drug-likeness (QED) is 0.638. The Bertz CT molecular complexity index is 555. The second kappa shape index (κ2) is 9.55. The van der Waals surface area contributed by atoms with Crippen molar-refractivity contribution in [2.75, 3.05) is 26.8 Å². The molecule has 0 aliphatic rings. The van der Waals surface area contributed by atoms with E-state index in [4.69, 9.17) is 4.74 Å². The van der Waals surface area contributed by atoms with Gasteiger partial charge in [0.15, 0.2) is 0 Å². The van der Waals surface area contributed by atoms with Gasteiger partial charge in [0.2, 0.25) is 10.0 Å². The molecule has 0 heterocycles. The first-order valence-electron chi connectivity index (χ1n) is 7.38. The molecule has 0 aromatic heterocycles. The fourth-order valence-electron chi connectivity index (χ4n) is 1.83. The Morgan fingerprint density at radius 3 is 2.41 bits per heavy atom. The molecule has 1 aromatic rings. The number of ether oxygens (including phenoxy) is 1. The number of methoxy groups -OCH3 is 1. The summed E-state index contributed by atoms with van der Waals surface area (Å²) in [5, 5.41) is 2.81. The third kappa shape index (κ3) is 6.13. The van der Waals surface area contributed by atoms with Crippen molar-refractivity contribution >= 4 is 15.9 Å². The predicted octanol–water partition coefficient (Wildman–Crippen LogP) is 1.53. The van der Waals surface area contributed by atoms with Gasteiger partial charge in [-0.1, -0.05) is 19.8 Å². The van der Waals surface area contributed by atoms with E-state index in [1.54, 1.807) is 0 Å². The van der Waals surface area contributed by atoms with Crippen molar-refractivity contribution in [3.05, 3.63) is 29.8 Å². The van der Waals surface area contributed by atoms with E-state index in [1.165, 1.54) is 31.4 Å². The number of hydrogen-bond donors (Lipinski definition) is 2. The maximum absolute atomic E-state index is 12.0. The highest BCUT2D eigenvalue weighted by Crippen LogP contribution is 2.10. The van der Waals surface area contributed by atoms with Crippen molar-refractivity contribution in [2.45, 2.75) is 31.1 Å². The van der Waals surface area contributed by atoms with Gasteiger partial charge in [-0.25, -0.2) is 13.1 Å². The van der Waals surface area contributed by atoms with Gasteiger partial charge < -0.3 is 10.1 Å². The Kier molecular flexibility index (Phi) is 8.08. The number of amides is 1. The minimum absolute atomic E-state index is 0.131. The first-order chi connectivity index (χ1) is 10.5. The summed E-state index contributed by atoms with van der Waals surface area (Å²) in [6, 6.07) is 5.88. The number of hydrogen-bond acceptors (Lipinski definition) is 4. The van der Waals surface area contributed by atoms with Gasteiger partial charge in [-0.05, 0) is 30.7 Å². The molecule has 6 nitrogen and oxygen atoms in total. The van der Waals surface area contributed by atoms with Crippen molar-refractivity contribution in [1.29, 1.82) is 0 Å². The van der Waals surface area contributed by atoms with E-state index in [2.05, 4.69) is 17.0 Å². The van der Waals surface area contributed by atoms with Crippen LogP contribution in [0.2, 0.25) is 0 Å². The number of unbranched alkanes of at least 4 members (excludes halogenated alkanes) is 2. The first-order valence-corrected chi connectivity index (χ1v) is 8.86. The van der Waals surface area contributed by atoms with Crippen LogP contribution in [0.5, 0.6) is 0 Å². The average molecular weight is 328 g/mol. The standard InChI is InChI=1S/C15H24N2O4S/c1-3-4-5-10-16-15(18)13-6-8-14(9-7-13)22(19,20)17-11-12-21-2/h6-9,17H,3-5,10-12H2,1-2H3,(H,16,18). The van der Waals surface area contributed by atoms with Crippen LogP contribution in [0.1, 0.15) is 36.5 Å². The van der Waals surface area contributed by atoms with E-state index < -0.39 is 10.0 Å². The topological polar surface area (TPSA) is 84.5 Å².